The third-order valence-corrected chi connectivity index (χ3v) is 3.08. The van der Waals surface area contributed by atoms with Crippen LogP contribution in [-0.4, -0.2) is 31.6 Å². The molecule has 0 radical (unpaired) electrons. The number of Topliss-reactive ketones (excluding diaryl/α,β-unsaturated/α-hetero) is 1. The van der Waals surface area contributed by atoms with Crippen LogP contribution in [0.5, 0.6) is 0 Å². The van der Waals surface area contributed by atoms with Gasteiger partial charge in [-0.2, -0.15) is 0 Å². The molecule has 1 heterocycles. The second-order valence-corrected chi connectivity index (χ2v) is 4.33. The summed E-state index contributed by atoms with van der Waals surface area (Å²) in [5, 5.41) is 3.32. The Morgan fingerprint density at radius 1 is 1.53 bits per heavy atom. The highest BCUT2D eigenvalue weighted by Gasteiger charge is 2.19. The molecule has 84 valence electrons. The highest BCUT2D eigenvalue weighted by Crippen LogP contribution is 2.19. The van der Waals surface area contributed by atoms with Crippen molar-refractivity contribution in [3.05, 3.63) is 11.6 Å². The predicted molar refractivity (Wildman–Crippen MR) is 58.8 cm³/mol. The van der Waals surface area contributed by atoms with Crippen LogP contribution in [0.2, 0.25) is 0 Å². The second kappa shape index (κ2) is 5.42. The Bertz CT molecular complexity index is 254. The van der Waals surface area contributed by atoms with Crippen molar-refractivity contribution in [2.45, 2.75) is 38.1 Å². The van der Waals surface area contributed by atoms with Gasteiger partial charge in [0.25, 0.3) is 0 Å². The molecule has 1 aliphatic heterocycles. The number of allylic oxidation sites excluding steroid dienone is 2. The maximum atomic E-state index is 11.9. The summed E-state index contributed by atoms with van der Waals surface area (Å²) in [5.41, 5.74) is 1.05. The van der Waals surface area contributed by atoms with E-state index in [1.54, 1.807) is 0 Å². The van der Waals surface area contributed by atoms with Crippen LogP contribution in [0.15, 0.2) is 11.6 Å². The van der Waals surface area contributed by atoms with Crippen molar-refractivity contribution in [3.63, 3.8) is 0 Å². The zero-order chi connectivity index (χ0) is 10.5. The first-order valence-electron chi connectivity index (χ1n) is 5.89. The molecule has 1 saturated heterocycles. The fourth-order valence-corrected chi connectivity index (χ4v) is 2.20. The molecular formula is C12H19NO2. The van der Waals surface area contributed by atoms with E-state index in [2.05, 4.69) is 11.4 Å². The fraction of sp³-hybridized carbons (Fsp3) is 0.750. The van der Waals surface area contributed by atoms with E-state index in [-0.39, 0.29) is 6.04 Å². The second-order valence-electron chi connectivity index (χ2n) is 4.33. The molecular weight excluding hydrogens is 190 g/mol. The summed E-state index contributed by atoms with van der Waals surface area (Å²) in [4.78, 5) is 11.9. The normalized spacial score (nSPS) is 27.2. The molecule has 1 unspecified atom stereocenters. The van der Waals surface area contributed by atoms with Gasteiger partial charge in [0.2, 0.25) is 0 Å². The third kappa shape index (κ3) is 3.14. The van der Waals surface area contributed by atoms with Crippen LogP contribution in [0.4, 0.5) is 0 Å². The smallest absolute Gasteiger partial charge is 0.160 e. The van der Waals surface area contributed by atoms with E-state index in [0.29, 0.717) is 18.8 Å². The predicted octanol–water partition coefficient (Wildman–Crippen LogP) is 1.43. The van der Waals surface area contributed by atoms with Crippen molar-refractivity contribution in [3.8, 4) is 0 Å². The molecule has 1 N–H and O–H groups in total. The number of morpholine rings is 1. The summed E-state index contributed by atoms with van der Waals surface area (Å²) in [7, 11) is 0. The van der Waals surface area contributed by atoms with Gasteiger partial charge < -0.3 is 10.1 Å². The van der Waals surface area contributed by atoms with Crippen molar-refractivity contribution in [1.29, 1.82) is 0 Å². The van der Waals surface area contributed by atoms with Crippen LogP contribution in [0, 0.1) is 0 Å². The van der Waals surface area contributed by atoms with Gasteiger partial charge in [-0.25, -0.2) is 0 Å². The summed E-state index contributed by atoms with van der Waals surface area (Å²) in [6.07, 6.45) is 7.19. The van der Waals surface area contributed by atoms with Crippen LogP contribution in [0.1, 0.15) is 32.1 Å². The Balaban J connectivity index is 1.82. The standard InChI is InChI=1S/C12H19NO2/c14-12(10-4-2-1-3-5-10)8-11-9-15-7-6-13-11/h4,11,13H,1-3,5-9H2. The van der Waals surface area contributed by atoms with E-state index >= 15 is 0 Å². The molecule has 0 aromatic carbocycles. The molecule has 0 aromatic rings. The average molecular weight is 209 g/mol. The van der Waals surface area contributed by atoms with Crippen LogP contribution in [0.25, 0.3) is 0 Å². The van der Waals surface area contributed by atoms with Gasteiger partial charge in [0.05, 0.1) is 13.2 Å². The molecule has 0 spiro atoms. The molecule has 15 heavy (non-hydrogen) atoms. The zero-order valence-corrected chi connectivity index (χ0v) is 9.13. The van der Waals surface area contributed by atoms with Gasteiger partial charge in [-0.05, 0) is 31.3 Å². The number of nitrogens with one attached hydrogen (secondary N) is 1. The first-order valence-corrected chi connectivity index (χ1v) is 5.89. The lowest BCUT2D eigenvalue weighted by Crippen LogP contribution is -2.42. The van der Waals surface area contributed by atoms with E-state index in [1.807, 2.05) is 0 Å². The minimum absolute atomic E-state index is 0.231. The molecule has 2 aliphatic rings. The summed E-state index contributed by atoms with van der Waals surface area (Å²) in [5.74, 6) is 0.317. The maximum Gasteiger partial charge on any atom is 0.160 e. The van der Waals surface area contributed by atoms with E-state index in [9.17, 15) is 4.79 Å². The Morgan fingerprint density at radius 2 is 2.47 bits per heavy atom. The van der Waals surface area contributed by atoms with Gasteiger partial charge in [-0.1, -0.05) is 6.08 Å². The lowest BCUT2D eigenvalue weighted by atomic mass is 9.93. The molecule has 0 aromatic heterocycles. The Kier molecular flexibility index (Phi) is 3.92. The van der Waals surface area contributed by atoms with Gasteiger partial charge >= 0.3 is 0 Å². The minimum Gasteiger partial charge on any atom is -0.378 e. The quantitative estimate of drug-likeness (QED) is 0.764. The lowest BCUT2D eigenvalue weighted by Gasteiger charge is -2.24. The van der Waals surface area contributed by atoms with Gasteiger partial charge in [0, 0.05) is 19.0 Å². The largest absolute Gasteiger partial charge is 0.378 e. The number of ketones is 1. The van der Waals surface area contributed by atoms with Gasteiger partial charge in [-0.15, -0.1) is 0 Å². The lowest BCUT2D eigenvalue weighted by molar-refractivity contribution is -0.116. The fourth-order valence-electron chi connectivity index (χ4n) is 2.20. The highest BCUT2D eigenvalue weighted by atomic mass is 16.5. The van der Waals surface area contributed by atoms with Crippen molar-refractivity contribution in [2.24, 2.45) is 0 Å². The molecule has 0 bridgehead atoms. The van der Waals surface area contributed by atoms with Crippen LogP contribution >= 0.6 is 0 Å². The van der Waals surface area contributed by atoms with E-state index < -0.39 is 0 Å². The van der Waals surface area contributed by atoms with Gasteiger partial charge in [0.1, 0.15) is 0 Å². The molecule has 0 saturated carbocycles. The zero-order valence-electron chi connectivity index (χ0n) is 9.13. The molecule has 0 amide bonds. The number of carbonyl (C=O) groups excluding carboxylic acids is 1. The maximum absolute atomic E-state index is 11.9. The topological polar surface area (TPSA) is 38.3 Å². The first-order chi connectivity index (χ1) is 7.36. The summed E-state index contributed by atoms with van der Waals surface area (Å²) in [6, 6.07) is 0.231. The highest BCUT2D eigenvalue weighted by molar-refractivity contribution is 5.95. The first kappa shape index (κ1) is 10.8. The monoisotopic (exact) mass is 209 g/mol. The number of carbonyl (C=O) groups is 1. The van der Waals surface area contributed by atoms with Crippen molar-refractivity contribution in [1.82, 2.24) is 5.32 Å². The van der Waals surface area contributed by atoms with Gasteiger partial charge in [-0.3, -0.25) is 4.79 Å². The van der Waals surface area contributed by atoms with Crippen molar-refractivity contribution >= 4 is 5.78 Å². The molecule has 1 aliphatic carbocycles. The average Bonchev–Trinajstić information content (AvgIpc) is 2.31. The summed E-state index contributed by atoms with van der Waals surface area (Å²) >= 11 is 0. The number of rotatable bonds is 3. The molecule has 2 rings (SSSR count). The molecule has 3 nitrogen and oxygen atoms in total. The SMILES string of the molecule is O=C(CC1COCCN1)C1=CCCCC1. The van der Waals surface area contributed by atoms with E-state index in [4.69, 9.17) is 4.74 Å². The van der Waals surface area contributed by atoms with Crippen LogP contribution in [0.3, 0.4) is 0 Å². The Morgan fingerprint density at radius 3 is 3.13 bits per heavy atom. The number of hydrogen-bond acceptors (Lipinski definition) is 3. The molecule has 1 fully saturated rings. The van der Waals surface area contributed by atoms with Crippen molar-refractivity contribution in [2.75, 3.05) is 19.8 Å². The Hall–Kier alpha value is -0.670. The van der Waals surface area contributed by atoms with Crippen LogP contribution < -0.4 is 5.32 Å². The molecule has 1 atom stereocenters. The van der Waals surface area contributed by atoms with Crippen molar-refractivity contribution < 1.29 is 9.53 Å². The van der Waals surface area contributed by atoms with E-state index in [1.165, 1.54) is 12.8 Å². The minimum atomic E-state index is 0.231. The number of ether oxygens (including phenoxy) is 1. The summed E-state index contributed by atoms with van der Waals surface area (Å²) < 4.78 is 5.34. The third-order valence-electron chi connectivity index (χ3n) is 3.08. The molecule has 3 heteroatoms. The Labute approximate surface area is 90.9 Å². The van der Waals surface area contributed by atoms with E-state index in [0.717, 1.165) is 31.6 Å². The van der Waals surface area contributed by atoms with Crippen LogP contribution in [-0.2, 0) is 9.53 Å². The van der Waals surface area contributed by atoms with Gasteiger partial charge in [0.15, 0.2) is 5.78 Å². The summed E-state index contributed by atoms with van der Waals surface area (Å²) in [6.45, 7) is 2.32. The number of hydrogen-bond donors (Lipinski definition) is 1.